The normalized spacial score (nSPS) is 9.92. The zero-order chi connectivity index (χ0) is 9.68. The van der Waals surface area contributed by atoms with Gasteiger partial charge in [0.2, 0.25) is 5.91 Å². The van der Waals surface area contributed by atoms with E-state index in [-0.39, 0.29) is 5.91 Å². The zero-order valence-electron chi connectivity index (χ0n) is 7.62. The Morgan fingerprint density at radius 1 is 1.46 bits per heavy atom. The first-order valence-corrected chi connectivity index (χ1v) is 5.51. The molecule has 1 amide bonds. The van der Waals surface area contributed by atoms with E-state index in [0.717, 1.165) is 17.7 Å². The first kappa shape index (κ1) is 10.1. The summed E-state index contributed by atoms with van der Waals surface area (Å²) in [7, 11) is 0. The highest BCUT2D eigenvalue weighted by Gasteiger charge is 2.05. The van der Waals surface area contributed by atoms with Gasteiger partial charge < -0.3 is 5.73 Å². The van der Waals surface area contributed by atoms with E-state index in [9.17, 15) is 4.79 Å². The number of hydrogen-bond donors (Lipinski definition) is 1. The summed E-state index contributed by atoms with van der Waals surface area (Å²) in [6.07, 6.45) is 2.95. The smallest absolute Gasteiger partial charge is 0.248 e. The van der Waals surface area contributed by atoms with Gasteiger partial charge in [-0.25, -0.2) is 0 Å². The Labute approximate surface area is 82.5 Å². The SMILES string of the molecule is CSCCc1ccccc1C(N)=O. The molecule has 0 fully saturated rings. The summed E-state index contributed by atoms with van der Waals surface area (Å²) in [5, 5.41) is 0. The summed E-state index contributed by atoms with van der Waals surface area (Å²) in [5.41, 5.74) is 6.94. The van der Waals surface area contributed by atoms with Crippen molar-refractivity contribution in [1.82, 2.24) is 0 Å². The number of nitrogens with two attached hydrogens (primary N) is 1. The van der Waals surface area contributed by atoms with Gasteiger partial charge in [-0.2, -0.15) is 11.8 Å². The van der Waals surface area contributed by atoms with Crippen molar-refractivity contribution < 1.29 is 4.79 Å². The molecule has 70 valence electrons. The molecule has 0 spiro atoms. The lowest BCUT2D eigenvalue weighted by atomic mass is 10.1. The molecule has 2 N–H and O–H groups in total. The van der Waals surface area contributed by atoms with Gasteiger partial charge in [0.15, 0.2) is 0 Å². The number of rotatable bonds is 4. The molecule has 0 aliphatic heterocycles. The minimum Gasteiger partial charge on any atom is -0.366 e. The number of primary amides is 1. The molecule has 0 atom stereocenters. The van der Waals surface area contributed by atoms with E-state index >= 15 is 0 Å². The lowest BCUT2D eigenvalue weighted by Gasteiger charge is -2.04. The largest absolute Gasteiger partial charge is 0.366 e. The van der Waals surface area contributed by atoms with Gasteiger partial charge >= 0.3 is 0 Å². The van der Waals surface area contributed by atoms with Crippen LogP contribution < -0.4 is 5.73 Å². The molecular weight excluding hydrogens is 182 g/mol. The van der Waals surface area contributed by atoms with Crippen LogP contribution in [-0.4, -0.2) is 17.9 Å². The third-order valence-electron chi connectivity index (χ3n) is 1.86. The van der Waals surface area contributed by atoms with Crippen LogP contribution in [0.25, 0.3) is 0 Å². The highest BCUT2D eigenvalue weighted by Crippen LogP contribution is 2.10. The molecule has 0 aliphatic carbocycles. The Kier molecular flexibility index (Phi) is 3.83. The maximum atomic E-state index is 11.0. The topological polar surface area (TPSA) is 43.1 Å². The fraction of sp³-hybridized carbons (Fsp3) is 0.300. The molecule has 0 aliphatic rings. The minimum absolute atomic E-state index is 0.336. The van der Waals surface area contributed by atoms with Gasteiger partial charge in [-0.1, -0.05) is 18.2 Å². The fourth-order valence-electron chi connectivity index (χ4n) is 1.19. The van der Waals surface area contributed by atoms with Crippen molar-refractivity contribution in [1.29, 1.82) is 0 Å². The molecule has 1 aromatic carbocycles. The maximum Gasteiger partial charge on any atom is 0.248 e. The minimum atomic E-state index is -0.336. The van der Waals surface area contributed by atoms with E-state index in [1.165, 1.54) is 0 Å². The Morgan fingerprint density at radius 2 is 2.15 bits per heavy atom. The Hall–Kier alpha value is -0.960. The van der Waals surface area contributed by atoms with Crippen molar-refractivity contribution in [3.8, 4) is 0 Å². The van der Waals surface area contributed by atoms with Gasteiger partial charge in [-0.05, 0) is 30.1 Å². The third kappa shape index (κ3) is 2.77. The molecule has 13 heavy (non-hydrogen) atoms. The predicted octanol–water partition coefficient (Wildman–Crippen LogP) is 1.69. The molecule has 0 aromatic heterocycles. The quantitative estimate of drug-likeness (QED) is 0.794. The molecule has 1 aromatic rings. The van der Waals surface area contributed by atoms with Gasteiger partial charge in [0.25, 0.3) is 0 Å². The third-order valence-corrected chi connectivity index (χ3v) is 2.47. The monoisotopic (exact) mass is 195 g/mol. The van der Waals surface area contributed by atoms with Crippen molar-refractivity contribution >= 4 is 17.7 Å². The Morgan fingerprint density at radius 3 is 2.77 bits per heavy atom. The van der Waals surface area contributed by atoms with Crippen LogP contribution in [0.1, 0.15) is 15.9 Å². The second-order valence-corrected chi connectivity index (χ2v) is 3.75. The standard InChI is InChI=1S/C10H13NOS/c1-13-7-6-8-4-2-3-5-9(8)10(11)12/h2-5H,6-7H2,1H3,(H2,11,12). The molecule has 0 bridgehead atoms. The number of amides is 1. The Bertz CT molecular complexity index is 299. The van der Waals surface area contributed by atoms with Crippen molar-refractivity contribution in [2.45, 2.75) is 6.42 Å². The second-order valence-electron chi connectivity index (χ2n) is 2.76. The molecule has 2 nitrogen and oxygen atoms in total. The van der Waals surface area contributed by atoms with Crippen molar-refractivity contribution in [2.24, 2.45) is 5.73 Å². The number of aryl methyl sites for hydroxylation is 1. The van der Waals surface area contributed by atoms with Gasteiger partial charge in [-0.15, -0.1) is 0 Å². The average Bonchev–Trinajstić information content (AvgIpc) is 2.15. The van der Waals surface area contributed by atoms with Crippen LogP contribution in [0.15, 0.2) is 24.3 Å². The van der Waals surface area contributed by atoms with Crippen LogP contribution in [0, 0.1) is 0 Å². The molecule has 0 radical (unpaired) electrons. The van der Waals surface area contributed by atoms with E-state index in [4.69, 9.17) is 5.73 Å². The first-order valence-electron chi connectivity index (χ1n) is 4.12. The van der Waals surface area contributed by atoms with E-state index in [0.29, 0.717) is 5.56 Å². The molecule has 3 heteroatoms. The van der Waals surface area contributed by atoms with Crippen molar-refractivity contribution in [2.75, 3.05) is 12.0 Å². The lowest BCUT2D eigenvalue weighted by Crippen LogP contribution is -2.13. The van der Waals surface area contributed by atoms with E-state index in [1.54, 1.807) is 17.8 Å². The second kappa shape index (κ2) is 4.92. The van der Waals surface area contributed by atoms with Crippen molar-refractivity contribution in [3.63, 3.8) is 0 Å². The van der Waals surface area contributed by atoms with Gasteiger partial charge in [-0.3, -0.25) is 4.79 Å². The number of carbonyl (C=O) groups is 1. The molecule has 0 unspecified atom stereocenters. The molecular formula is C10H13NOS. The van der Waals surface area contributed by atoms with Crippen LogP contribution in [0.4, 0.5) is 0 Å². The average molecular weight is 195 g/mol. The highest BCUT2D eigenvalue weighted by molar-refractivity contribution is 7.98. The fourth-order valence-corrected chi connectivity index (χ4v) is 1.61. The summed E-state index contributed by atoms with van der Waals surface area (Å²) in [6.45, 7) is 0. The number of carbonyl (C=O) groups excluding carboxylic acids is 1. The first-order chi connectivity index (χ1) is 6.25. The van der Waals surface area contributed by atoms with E-state index < -0.39 is 0 Å². The molecule has 0 saturated heterocycles. The number of hydrogen-bond acceptors (Lipinski definition) is 2. The van der Waals surface area contributed by atoms with Gasteiger partial charge in [0.1, 0.15) is 0 Å². The van der Waals surface area contributed by atoms with E-state index in [1.807, 2.05) is 24.5 Å². The van der Waals surface area contributed by atoms with Crippen LogP contribution in [0.5, 0.6) is 0 Å². The van der Waals surface area contributed by atoms with Gasteiger partial charge in [0, 0.05) is 5.56 Å². The van der Waals surface area contributed by atoms with Crippen molar-refractivity contribution in [3.05, 3.63) is 35.4 Å². The molecule has 0 heterocycles. The van der Waals surface area contributed by atoms with Gasteiger partial charge in [0.05, 0.1) is 0 Å². The summed E-state index contributed by atoms with van der Waals surface area (Å²) < 4.78 is 0. The van der Waals surface area contributed by atoms with Crippen LogP contribution in [0.2, 0.25) is 0 Å². The van der Waals surface area contributed by atoms with Crippen LogP contribution in [0.3, 0.4) is 0 Å². The summed E-state index contributed by atoms with van der Waals surface area (Å²) in [5.74, 6) is 0.682. The predicted molar refractivity (Wildman–Crippen MR) is 57.0 cm³/mol. The summed E-state index contributed by atoms with van der Waals surface area (Å²) in [4.78, 5) is 11.0. The van der Waals surface area contributed by atoms with E-state index in [2.05, 4.69) is 0 Å². The molecule has 1 rings (SSSR count). The maximum absolute atomic E-state index is 11.0. The number of thioether (sulfide) groups is 1. The van der Waals surface area contributed by atoms with Crippen LogP contribution in [-0.2, 0) is 6.42 Å². The highest BCUT2D eigenvalue weighted by atomic mass is 32.2. The summed E-state index contributed by atoms with van der Waals surface area (Å²) in [6, 6.07) is 7.50. The number of benzene rings is 1. The zero-order valence-corrected chi connectivity index (χ0v) is 8.43. The molecule has 0 saturated carbocycles. The lowest BCUT2D eigenvalue weighted by molar-refractivity contribution is 0.0999. The Balaban J connectivity index is 2.84. The van der Waals surface area contributed by atoms with Crippen LogP contribution >= 0.6 is 11.8 Å². The summed E-state index contributed by atoms with van der Waals surface area (Å²) >= 11 is 1.76.